The summed E-state index contributed by atoms with van der Waals surface area (Å²) in [5.41, 5.74) is 5.17. The van der Waals surface area contributed by atoms with Crippen LogP contribution in [0.1, 0.15) is 32.1 Å². The predicted molar refractivity (Wildman–Crippen MR) is 54.7 cm³/mol. The van der Waals surface area contributed by atoms with Crippen LogP contribution in [0.15, 0.2) is 0 Å². The standard InChI is InChI=1S/C10H20N2O2/c11-10(14)8-12(6-7-13)9-4-2-1-3-5-9/h9,13H,1-8H2,(H2,11,14). The minimum Gasteiger partial charge on any atom is -0.395 e. The van der Waals surface area contributed by atoms with Gasteiger partial charge in [-0.3, -0.25) is 9.69 Å². The zero-order valence-electron chi connectivity index (χ0n) is 8.61. The molecule has 0 saturated heterocycles. The number of rotatable bonds is 5. The summed E-state index contributed by atoms with van der Waals surface area (Å²) in [4.78, 5) is 12.8. The molecule has 1 amide bonds. The summed E-state index contributed by atoms with van der Waals surface area (Å²) in [5.74, 6) is -0.302. The highest BCUT2D eigenvalue weighted by atomic mass is 16.3. The lowest BCUT2D eigenvalue weighted by atomic mass is 9.94. The molecule has 82 valence electrons. The van der Waals surface area contributed by atoms with E-state index in [1.165, 1.54) is 19.3 Å². The average molecular weight is 200 g/mol. The van der Waals surface area contributed by atoms with Gasteiger partial charge in [0.15, 0.2) is 0 Å². The number of aliphatic hydroxyl groups excluding tert-OH is 1. The van der Waals surface area contributed by atoms with Crippen LogP contribution in [0.4, 0.5) is 0 Å². The first-order chi connectivity index (χ1) is 6.74. The molecule has 0 aromatic rings. The quantitative estimate of drug-likeness (QED) is 0.661. The summed E-state index contributed by atoms with van der Waals surface area (Å²) < 4.78 is 0. The zero-order chi connectivity index (χ0) is 10.4. The topological polar surface area (TPSA) is 66.6 Å². The van der Waals surface area contributed by atoms with Gasteiger partial charge in [0.1, 0.15) is 0 Å². The van der Waals surface area contributed by atoms with E-state index < -0.39 is 0 Å². The van der Waals surface area contributed by atoms with Gasteiger partial charge in [-0.15, -0.1) is 0 Å². The second kappa shape index (κ2) is 5.98. The summed E-state index contributed by atoms with van der Waals surface area (Å²) in [6, 6.07) is 0.448. The average Bonchev–Trinajstić information content (AvgIpc) is 2.18. The third kappa shape index (κ3) is 3.64. The van der Waals surface area contributed by atoms with Gasteiger partial charge >= 0.3 is 0 Å². The van der Waals surface area contributed by atoms with Crippen LogP contribution < -0.4 is 5.73 Å². The molecule has 0 bridgehead atoms. The fourth-order valence-electron chi connectivity index (χ4n) is 2.17. The molecule has 0 aliphatic heterocycles. The second-order valence-electron chi connectivity index (χ2n) is 3.95. The number of nitrogens with two attached hydrogens (primary N) is 1. The van der Waals surface area contributed by atoms with Crippen molar-refractivity contribution in [2.75, 3.05) is 19.7 Å². The molecule has 1 saturated carbocycles. The molecule has 0 atom stereocenters. The molecule has 3 N–H and O–H groups in total. The highest BCUT2D eigenvalue weighted by Crippen LogP contribution is 2.21. The number of hydrogen-bond acceptors (Lipinski definition) is 3. The second-order valence-corrected chi connectivity index (χ2v) is 3.95. The smallest absolute Gasteiger partial charge is 0.231 e. The van der Waals surface area contributed by atoms with Gasteiger partial charge in [-0.05, 0) is 12.8 Å². The van der Waals surface area contributed by atoms with E-state index in [2.05, 4.69) is 0 Å². The fourth-order valence-corrected chi connectivity index (χ4v) is 2.17. The number of primary amides is 1. The molecule has 0 aromatic heterocycles. The van der Waals surface area contributed by atoms with Gasteiger partial charge in [-0.25, -0.2) is 0 Å². The maximum atomic E-state index is 10.8. The number of hydrogen-bond donors (Lipinski definition) is 2. The van der Waals surface area contributed by atoms with Crippen LogP contribution in [0.5, 0.6) is 0 Å². The Kier molecular flexibility index (Phi) is 4.90. The van der Waals surface area contributed by atoms with Gasteiger partial charge in [0.2, 0.25) is 5.91 Å². The van der Waals surface area contributed by atoms with E-state index in [0.29, 0.717) is 12.6 Å². The van der Waals surface area contributed by atoms with Gasteiger partial charge in [-0.2, -0.15) is 0 Å². The molecule has 4 heteroatoms. The van der Waals surface area contributed by atoms with Gasteiger partial charge in [0.25, 0.3) is 0 Å². The summed E-state index contributed by atoms with van der Waals surface area (Å²) in [6.07, 6.45) is 6.01. The summed E-state index contributed by atoms with van der Waals surface area (Å²) >= 11 is 0. The van der Waals surface area contributed by atoms with Gasteiger partial charge in [0, 0.05) is 12.6 Å². The van der Waals surface area contributed by atoms with E-state index in [1.54, 1.807) is 0 Å². The number of carbonyl (C=O) groups is 1. The Balaban J connectivity index is 2.42. The molecule has 1 fully saturated rings. The molecule has 0 aromatic carbocycles. The van der Waals surface area contributed by atoms with Crippen LogP contribution in [0.2, 0.25) is 0 Å². The zero-order valence-corrected chi connectivity index (χ0v) is 8.61. The predicted octanol–water partition coefficient (Wildman–Crippen LogP) is 0.0987. The van der Waals surface area contributed by atoms with Crippen molar-refractivity contribution >= 4 is 5.91 Å². The third-order valence-electron chi connectivity index (χ3n) is 2.84. The Morgan fingerprint density at radius 1 is 1.36 bits per heavy atom. The first-order valence-electron chi connectivity index (χ1n) is 5.37. The molecule has 1 aliphatic rings. The number of aliphatic hydroxyl groups is 1. The van der Waals surface area contributed by atoms with Crippen molar-refractivity contribution in [1.82, 2.24) is 4.90 Å². The molecule has 14 heavy (non-hydrogen) atoms. The van der Waals surface area contributed by atoms with E-state index in [1.807, 2.05) is 4.90 Å². The summed E-state index contributed by atoms with van der Waals surface area (Å²) in [6.45, 7) is 0.947. The molecule has 1 rings (SSSR count). The summed E-state index contributed by atoms with van der Waals surface area (Å²) in [5, 5.41) is 8.89. The van der Waals surface area contributed by atoms with Crippen molar-refractivity contribution in [3.8, 4) is 0 Å². The minimum atomic E-state index is -0.302. The molecule has 4 nitrogen and oxygen atoms in total. The van der Waals surface area contributed by atoms with Crippen molar-refractivity contribution in [2.45, 2.75) is 38.1 Å². The lowest BCUT2D eigenvalue weighted by Gasteiger charge is -2.32. The Labute approximate surface area is 85.1 Å². The van der Waals surface area contributed by atoms with Crippen LogP contribution in [-0.2, 0) is 4.79 Å². The largest absolute Gasteiger partial charge is 0.395 e. The normalized spacial score (nSPS) is 18.7. The van der Waals surface area contributed by atoms with Crippen LogP contribution in [-0.4, -0.2) is 41.7 Å². The highest BCUT2D eigenvalue weighted by molar-refractivity contribution is 5.75. The Morgan fingerprint density at radius 3 is 2.50 bits per heavy atom. The SMILES string of the molecule is NC(=O)CN(CCO)C1CCCCC1. The van der Waals surface area contributed by atoms with Crippen molar-refractivity contribution in [1.29, 1.82) is 0 Å². The molecule has 0 spiro atoms. The first-order valence-corrected chi connectivity index (χ1v) is 5.37. The van der Waals surface area contributed by atoms with Crippen LogP contribution in [0.25, 0.3) is 0 Å². The van der Waals surface area contributed by atoms with E-state index in [0.717, 1.165) is 12.8 Å². The molecular weight excluding hydrogens is 180 g/mol. The Hall–Kier alpha value is -0.610. The Morgan fingerprint density at radius 2 is 2.00 bits per heavy atom. The van der Waals surface area contributed by atoms with Crippen molar-refractivity contribution in [3.63, 3.8) is 0 Å². The van der Waals surface area contributed by atoms with Crippen LogP contribution in [0, 0.1) is 0 Å². The molecule has 0 radical (unpaired) electrons. The lowest BCUT2D eigenvalue weighted by molar-refractivity contribution is -0.120. The lowest BCUT2D eigenvalue weighted by Crippen LogP contribution is -2.43. The van der Waals surface area contributed by atoms with Gasteiger partial charge < -0.3 is 10.8 Å². The van der Waals surface area contributed by atoms with E-state index in [4.69, 9.17) is 10.8 Å². The number of nitrogens with zero attached hydrogens (tertiary/aromatic N) is 1. The summed E-state index contributed by atoms with van der Waals surface area (Å²) in [7, 11) is 0. The first kappa shape index (κ1) is 11.5. The van der Waals surface area contributed by atoms with Crippen LogP contribution in [0.3, 0.4) is 0 Å². The van der Waals surface area contributed by atoms with Crippen molar-refractivity contribution in [3.05, 3.63) is 0 Å². The molecule has 1 aliphatic carbocycles. The monoisotopic (exact) mass is 200 g/mol. The number of carbonyl (C=O) groups excluding carboxylic acids is 1. The molecular formula is C10H20N2O2. The van der Waals surface area contributed by atoms with Gasteiger partial charge in [-0.1, -0.05) is 19.3 Å². The van der Waals surface area contributed by atoms with Crippen molar-refractivity contribution < 1.29 is 9.90 Å². The van der Waals surface area contributed by atoms with Gasteiger partial charge in [0.05, 0.1) is 13.2 Å². The Bertz CT molecular complexity index is 179. The molecule has 0 unspecified atom stereocenters. The maximum Gasteiger partial charge on any atom is 0.231 e. The maximum absolute atomic E-state index is 10.8. The van der Waals surface area contributed by atoms with E-state index >= 15 is 0 Å². The van der Waals surface area contributed by atoms with E-state index in [-0.39, 0.29) is 19.1 Å². The third-order valence-corrected chi connectivity index (χ3v) is 2.84. The minimum absolute atomic E-state index is 0.101. The highest BCUT2D eigenvalue weighted by Gasteiger charge is 2.21. The van der Waals surface area contributed by atoms with Crippen molar-refractivity contribution in [2.24, 2.45) is 5.73 Å². The van der Waals surface area contributed by atoms with E-state index in [9.17, 15) is 4.79 Å². The number of amides is 1. The molecule has 0 heterocycles. The fraction of sp³-hybridized carbons (Fsp3) is 0.900. The van der Waals surface area contributed by atoms with Crippen LogP contribution >= 0.6 is 0 Å².